The van der Waals surface area contributed by atoms with Crippen molar-refractivity contribution in [2.45, 2.75) is 179 Å². The summed E-state index contributed by atoms with van der Waals surface area (Å²) in [5, 5.41) is 39.1. The fraction of sp³-hybridized carbons (Fsp3) is 0.735. The van der Waals surface area contributed by atoms with E-state index in [1.165, 1.54) is 18.7 Å². The van der Waals surface area contributed by atoms with Gasteiger partial charge in [-0.15, -0.1) is 0 Å². The minimum absolute atomic E-state index is 0.0165. The Balaban J connectivity index is 1.60. The number of benzene rings is 1. The Morgan fingerprint density at radius 3 is 2.34 bits per heavy atom. The summed E-state index contributed by atoms with van der Waals surface area (Å²) in [4.78, 5) is 41.1. The first kappa shape index (κ1) is 53.5. The lowest BCUT2D eigenvalue weighted by molar-refractivity contribution is -0.344. The third kappa shape index (κ3) is 16.1. The number of methoxy groups -OCH3 is 1. The summed E-state index contributed by atoms with van der Waals surface area (Å²) >= 11 is 0. The molecule has 0 spiro atoms. The molecule has 15 atom stereocenters. The van der Waals surface area contributed by atoms with Crippen molar-refractivity contribution in [1.82, 2.24) is 10.2 Å². The molecule has 15 heteroatoms. The summed E-state index contributed by atoms with van der Waals surface area (Å²) in [6.45, 7) is 13.8. The van der Waals surface area contributed by atoms with E-state index in [4.69, 9.17) is 33.2 Å². The summed E-state index contributed by atoms with van der Waals surface area (Å²) in [6, 6.07) is 9.53. The largest absolute Gasteiger partial charge is 0.462 e. The first-order chi connectivity index (χ1) is 30.3. The summed E-state index contributed by atoms with van der Waals surface area (Å²) in [5.41, 5.74) is -0.229. The van der Waals surface area contributed by atoms with Crippen LogP contribution in [0.1, 0.15) is 99.0 Å². The Labute approximate surface area is 381 Å². The average Bonchev–Trinajstić information content (AvgIpc) is 3.20. The van der Waals surface area contributed by atoms with Gasteiger partial charge in [0, 0.05) is 32.3 Å². The van der Waals surface area contributed by atoms with Gasteiger partial charge in [-0.2, -0.15) is 0 Å². The molecule has 4 N–H and O–H groups in total. The number of carbonyl (C=O) groups excluding carboxylic acids is 3. The number of hydrogen-bond acceptors (Lipinski definition) is 15. The van der Waals surface area contributed by atoms with Gasteiger partial charge in [-0.3, -0.25) is 14.4 Å². The number of allylic oxidation sites excluding steroid dienone is 3. The molecule has 362 valence electrons. The van der Waals surface area contributed by atoms with E-state index in [1.807, 2.05) is 49.9 Å². The van der Waals surface area contributed by atoms with Crippen LogP contribution in [0.5, 0.6) is 0 Å². The first-order valence-corrected chi connectivity index (χ1v) is 23.2. The molecule has 0 aromatic heterocycles. The lowest BCUT2D eigenvalue weighted by Gasteiger charge is -2.50. The standard InChI is InChI=1S/C49H78N2O13/c1-30(2)26-39(54)62-47-34(6)60-41(29-49(47,7)57)63-44-33(5)61-48(43(56)42(44)51(8)9)64-45-36(23-25-50-24-17-21-35-19-14-12-15-20-35)27-31(3)37(52)22-16-11-13-18-32(4)59-40(55)28-38(53)46(45)58-10/h11-16,19-20,22,30-34,36,38,41-48,50,53,56-57H,17-18,21,23-29H2,1-10H3/b13-11-,22-16-/t31-,32-,33-,34+,36+,38+,41+,42-,43-,44-,45+,46+,47+,48+,49-/m1/s1. The molecular formula is C49H78N2O13. The highest BCUT2D eigenvalue weighted by molar-refractivity contribution is 5.91. The number of nitrogens with one attached hydrogen (secondary N) is 1. The van der Waals surface area contributed by atoms with E-state index in [1.54, 1.807) is 53.9 Å². The van der Waals surface area contributed by atoms with Gasteiger partial charge in [0.2, 0.25) is 0 Å². The van der Waals surface area contributed by atoms with Crippen LogP contribution in [-0.2, 0) is 54.0 Å². The molecule has 1 aromatic rings. The van der Waals surface area contributed by atoms with E-state index in [9.17, 15) is 29.7 Å². The number of hydrogen-bond donors (Lipinski definition) is 4. The van der Waals surface area contributed by atoms with Crippen LogP contribution in [0.3, 0.4) is 0 Å². The maximum absolute atomic E-state index is 13.5. The average molecular weight is 903 g/mol. The van der Waals surface area contributed by atoms with Crippen LogP contribution < -0.4 is 5.32 Å². The number of ether oxygens (including phenoxy) is 7. The van der Waals surface area contributed by atoms with Crippen molar-refractivity contribution in [3.8, 4) is 0 Å². The minimum atomic E-state index is -1.48. The smallest absolute Gasteiger partial charge is 0.308 e. The highest BCUT2D eigenvalue weighted by Gasteiger charge is 2.52. The minimum Gasteiger partial charge on any atom is -0.462 e. The van der Waals surface area contributed by atoms with Crippen molar-refractivity contribution in [3.63, 3.8) is 0 Å². The summed E-state index contributed by atoms with van der Waals surface area (Å²) in [6.07, 6.45) is -0.911. The SMILES string of the molecule is CO[C@@H]1[C@@H](O[C@@H]2O[C@H](C)[C@@H](O[C@H]3C[C@@](C)(O)[C@@H](OC(=O)CC(C)C)[C@H](C)O3)[C@H](N(C)C)[C@H]2O)[C@@H](CCNCCCc2ccccc2)C[C@@H](C)C(=O)/C=C\C=C/C[C@@H](C)OC(=O)C[C@@H]1O. The zero-order valence-corrected chi connectivity index (χ0v) is 39.8. The molecule has 3 heterocycles. The van der Waals surface area contributed by atoms with E-state index < -0.39 is 103 Å². The monoisotopic (exact) mass is 903 g/mol. The third-order valence-corrected chi connectivity index (χ3v) is 12.4. The van der Waals surface area contributed by atoms with Crippen molar-refractivity contribution < 1.29 is 62.9 Å². The zero-order valence-electron chi connectivity index (χ0n) is 39.8. The fourth-order valence-electron chi connectivity index (χ4n) is 9.08. The van der Waals surface area contributed by atoms with E-state index >= 15 is 0 Å². The van der Waals surface area contributed by atoms with Gasteiger partial charge >= 0.3 is 11.9 Å². The molecule has 15 nitrogen and oxygen atoms in total. The molecular weight excluding hydrogens is 825 g/mol. The number of aliphatic hydroxyl groups excluding tert-OH is 2. The number of cyclic esters (lactones) is 1. The third-order valence-electron chi connectivity index (χ3n) is 12.4. The second-order valence-corrected chi connectivity index (χ2v) is 18.9. The van der Waals surface area contributed by atoms with Crippen molar-refractivity contribution in [2.75, 3.05) is 34.3 Å². The van der Waals surface area contributed by atoms with Gasteiger partial charge in [0.1, 0.15) is 30.0 Å². The van der Waals surface area contributed by atoms with Crippen LogP contribution in [0, 0.1) is 17.8 Å². The molecule has 0 radical (unpaired) electrons. The Morgan fingerprint density at radius 2 is 1.69 bits per heavy atom. The van der Waals surface area contributed by atoms with Gasteiger partial charge in [0.25, 0.3) is 0 Å². The van der Waals surface area contributed by atoms with Crippen molar-refractivity contribution in [3.05, 3.63) is 60.2 Å². The Morgan fingerprint density at radius 1 is 0.969 bits per heavy atom. The zero-order chi connectivity index (χ0) is 47.1. The molecule has 2 saturated heterocycles. The first-order valence-electron chi connectivity index (χ1n) is 23.2. The highest BCUT2D eigenvalue weighted by Crippen LogP contribution is 2.37. The molecule has 2 fully saturated rings. The van der Waals surface area contributed by atoms with Crippen molar-refractivity contribution >= 4 is 17.7 Å². The lowest BCUT2D eigenvalue weighted by Crippen LogP contribution is -2.66. The normalized spacial score (nSPS) is 37.0. The molecule has 3 aliphatic heterocycles. The van der Waals surface area contributed by atoms with E-state index in [0.717, 1.165) is 19.4 Å². The molecule has 4 rings (SSSR count). The fourth-order valence-corrected chi connectivity index (χ4v) is 9.08. The predicted molar refractivity (Wildman–Crippen MR) is 241 cm³/mol. The van der Waals surface area contributed by atoms with Gasteiger partial charge in [-0.1, -0.05) is 69.3 Å². The number of aliphatic hydroxyl groups is 3. The van der Waals surface area contributed by atoms with Gasteiger partial charge in [0.05, 0.1) is 36.9 Å². The maximum Gasteiger partial charge on any atom is 0.308 e. The predicted octanol–water partition coefficient (Wildman–Crippen LogP) is 4.67. The number of likely N-dealkylation sites (N-methyl/N-ethyl adjacent to an activating group) is 1. The molecule has 1 aromatic carbocycles. The highest BCUT2D eigenvalue weighted by atomic mass is 16.7. The quantitative estimate of drug-likeness (QED) is 0.132. The summed E-state index contributed by atoms with van der Waals surface area (Å²) in [5.74, 6) is -1.92. The van der Waals surface area contributed by atoms with Crippen LogP contribution >= 0.6 is 0 Å². The number of carbonyl (C=O) groups is 3. The van der Waals surface area contributed by atoms with Gasteiger partial charge < -0.3 is 58.7 Å². The number of aryl methyl sites for hydroxylation is 1. The summed E-state index contributed by atoms with van der Waals surface area (Å²) in [7, 11) is 5.03. The molecule has 0 saturated carbocycles. The molecule has 3 aliphatic rings. The summed E-state index contributed by atoms with van der Waals surface area (Å²) < 4.78 is 43.4. The van der Waals surface area contributed by atoms with Gasteiger partial charge in [-0.05, 0) is 104 Å². The van der Waals surface area contributed by atoms with E-state index in [-0.39, 0.29) is 31.0 Å². The van der Waals surface area contributed by atoms with Crippen LogP contribution in [0.4, 0.5) is 0 Å². The van der Waals surface area contributed by atoms with Crippen LogP contribution in [0.15, 0.2) is 54.6 Å². The van der Waals surface area contributed by atoms with Crippen LogP contribution in [-0.4, -0.2) is 151 Å². The second-order valence-electron chi connectivity index (χ2n) is 18.9. The van der Waals surface area contributed by atoms with Crippen molar-refractivity contribution in [2.24, 2.45) is 17.8 Å². The Kier molecular flexibility index (Phi) is 21.5. The Hall–Kier alpha value is -3.09. The second kappa shape index (κ2) is 25.7. The van der Waals surface area contributed by atoms with E-state index in [2.05, 4.69) is 17.4 Å². The lowest BCUT2D eigenvalue weighted by atomic mass is 9.82. The van der Waals surface area contributed by atoms with Gasteiger partial charge in [-0.25, -0.2) is 0 Å². The number of esters is 2. The van der Waals surface area contributed by atoms with Crippen molar-refractivity contribution in [1.29, 1.82) is 0 Å². The molecule has 0 amide bonds. The van der Waals surface area contributed by atoms with Crippen LogP contribution in [0.2, 0.25) is 0 Å². The topological polar surface area (TPSA) is 192 Å². The van der Waals surface area contributed by atoms with Crippen LogP contribution in [0.25, 0.3) is 0 Å². The number of rotatable bonds is 16. The number of nitrogens with zero attached hydrogens (tertiary/aromatic N) is 1. The molecule has 0 unspecified atom stereocenters. The van der Waals surface area contributed by atoms with Gasteiger partial charge in [0.15, 0.2) is 24.5 Å². The van der Waals surface area contributed by atoms with E-state index in [0.29, 0.717) is 25.8 Å². The molecule has 0 bridgehead atoms. The Bertz CT molecular complexity index is 1640. The molecule has 0 aliphatic carbocycles. The number of ketones is 1. The molecule has 64 heavy (non-hydrogen) atoms. The maximum atomic E-state index is 13.5.